The van der Waals surface area contributed by atoms with Crippen LogP contribution < -0.4 is 5.32 Å². The van der Waals surface area contributed by atoms with Gasteiger partial charge >= 0.3 is 0 Å². The Morgan fingerprint density at radius 3 is 2.37 bits per heavy atom. The zero-order valence-corrected chi connectivity index (χ0v) is 12.5. The summed E-state index contributed by atoms with van der Waals surface area (Å²) in [5.41, 5.74) is 1.29. The van der Waals surface area contributed by atoms with Gasteiger partial charge in [-0.15, -0.1) is 0 Å². The Bertz CT molecular complexity index is 386. The summed E-state index contributed by atoms with van der Waals surface area (Å²) in [4.78, 5) is 0. The van der Waals surface area contributed by atoms with Crippen molar-refractivity contribution < 1.29 is 5.11 Å². The lowest BCUT2D eigenvalue weighted by Crippen LogP contribution is -2.37. The van der Waals surface area contributed by atoms with Crippen molar-refractivity contribution in [1.29, 1.82) is 0 Å². The molecule has 0 heterocycles. The minimum Gasteiger partial charge on any atom is -0.395 e. The summed E-state index contributed by atoms with van der Waals surface area (Å²) >= 11 is 5.95. The molecule has 1 fully saturated rings. The molecule has 0 amide bonds. The lowest BCUT2D eigenvalue weighted by atomic mass is 9.98. The number of nitrogens with one attached hydrogen (secondary N) is 1. The van der Waals surface area contributed by atoms with Crippen LogP contribution in [-0.2, 0) is 0 Å². The summed E-state index contributed by atoms with van der Waals surface area (Å²) in [6.07, 6.45) is 3.56. The van der Waals surface area contributed by atoms with Crippen LogP contribution in [0.25, 0.3) is 0 Å². The van der Waals surface area contributed by atoms with Gasteiger partial charge in [0, 0.05) is 17.1 Å². The van der Waals surface area contributed by atoms with E-state index in [-0.39, 0.29) is 12.6 Å². The molecular weight excluding hydrogens is 258 g/mol. The Labute approximate surface area is 121 Å². The number of benzene rings is 1. The van der Waals surface area contributed by atoms with E-state index in [4.69, 9.17) is 11.6 Å². The fourth-order valence-electron chi connectivity index (χ4n) is 2.62. The Morgan fingerprint density at radius 2 is 1.89 bits per heavy atom. The molecular formula is C16H24ClNO. The van der Waals surface area contributed by atoms with Crippen LogP contribution in [0.1, 0.15) is 44.7 Å². The van der Waals surface area contributed by atoms with Crippen LogP contribution in [-0.4, -0.2) is 17.8 Å². The van der Waals surface area contributed by atoms with Gasteiger partial charge in [-0.3, -0.25) is 0 Å². The van der Waals surface area contributed by atoms with Crippen LogP contribution in [0.4, 0.5) is 0 Å². The van der Waals surface area contributed by atoms with Gasteiger partial charge in [-0.1, -0.05) is 37.6 Å². The van der Waals surface area contributed by atoms with Crippen molar-refractivity contribution in [2.75, 3.05) is 6.61 Å². The standard InChI is InChI=1S/C16H24ClNO/c1-11(2)9-15(10-19)18-16(12-3-4-12)13-5-7-14(17)8-6-13/h5-8,11-12,15-16,18-19H,3-4,9-10H2,1-2H3. The molecule has 1 aliphatic carbocycles. The molecule has 2 unspecified atom stereocenters. The molecule has 1 saturated carbocycles. The summed E-state index contributed by atoms with van der Waals surface area (Å²) in [5, 5.41) is 14.0. The molecule has 0 aliphatic heterocycles. The van der Waals surface area contributed by atoms with Crippen LogP contribution in [0.15, 0.2) is 24.3 Å². The molecule has 0 saturated heterocycles. The van der Waals surface area contributed by atoms with E-state index >= 15 is 0 Å². The van der Waals surface area contributed by atoms with E-state index in [0.717, 1.165) is 11.4 Å². The fourth-order valence-corrected chi connectivity index (χ4v) is 2.75. The maximum Gasteiger partial charge on any atom is 0.0584 e. The summed E-state index contributed by atoms with van der Waals surface area (Å²) in [6, 6.07) is 8.63. The average Bonchev–Trinajstić information content (AvgIpc) is 3.19. The van der Waals surface area contributed by atoms with Gasteiger partial charge in [-0.05, 0) is 48.8 Å². The predicted molar refractivity (Wildman–Crippen MR) is 80.4 cm³/mol. The molecule has 19 heavy (non-hydrogen) atoms. The Balaban J connectivity index is 2.05. The van der Waals surface area contributed by atoms with Gasteiger partial charge in [0.25, 0.3) is 0 Å². The molecule has 2 N–H and O–H groups in total. The topological polar surface area (TPSA) is 32.3 Å². The highest BCUT2D eigenvalue weighted by atomic mass is 35.5. The normalized spacial score (nSPS) is 18.6. The van der Waals surface area contributed by atoms with E-state index in [1.165, 1.54) is 18.4 Å². The summed E-state index contributed by atoms with van der Waals surface area (Å²) in [5.74, 6) is 1.30. The second-order valence-corrected chi connectivity index (χ2v) is 6.48. The van der Waals surface area contributed by atoms with Crippen LogP contribution in [0, 0.1) is 11.8 Å². The van der Waals surface area contributed by atoms with Crippen molar-refractivity contribution in [3.8, 4) is 0 Å². The predicted octanol–water partition coefficient (Wildman–Crippen LogP) is 3.79. The van der Waals surface area contributed by atoms with Gasteiger partial charge in [0.15, 0.2) is 0 Å². The van der Waals surface area contributed by atoms with Crippen LogP contribution in [0.2, 0.25) is 5.02 Å². The van der Waals surface area contributed by atoms with Gasteiger partial charge in [0.05, 0.1) is 6.61 Å². The average molecular weight is 282 g/mol. The largest absolute Gasteiger partial charge is 0.395 e. The van der Waals surface area contributed by atoms with E-state index < -0.39 is 0 Å². The summed E-state index contributed by atoms with van der Waals surface area (Å²) in [6.45, 7) is 4.59. The Morgan fingerprint density at radius 1 is 1.26 bits per heavy atom. The van der Waals surface area contributed by atoms with E-state index in [0.29, 0.717) is 17.9 Å². The van der Waals surface area contributed by atoms with Crippen molar-refractivity contribution in [3.63, 3.8) is 0 Å². The van der Waals surface area contributed by atoms with Crippen LogP contribution in [0.3, 0.4) is 0 Å². The van der Waals surface area contributed by atoms with E-state index in [2.05, 4.69) is 31.3 Å². The molecule has 0 radical (unpaired) electrons. The second-order valence-electron chi connectivity index (χ2n) is 6.04. The van der Waals surface area contributed by atoms with Crippen LogP contribution >= 0.6 is 11.6 Å². The molecule has 106 valence electrons. The number of aliphatic hydroxyl groups excluding tert-OH is 1. The van der Waals surface area contributed by atoms with Gasteiger partial charge in [0.2, 0.25) is 0 Å². The fraction of sp³-hybridized carbons (Fsp3) is 0.625. The third kappa shape index (κ3) is 4.48. The van der Waals surface area contributed by atoms with Crippen molar-refractivity contribution in [3.05, 3.63) is 34.9 Å². The number of hydrogen-bond acceptors (Lipinski definition) is 2. The monoisotopic (exact) mass is 281 g/mol. The first-order chi connectivity index (χ1) is 9.10. The maximum absolute atomic E-state index is 9.53. The zero-order chi connectivity index (χ0) is 13.8. The smallest absolute Gasteiger partial charge is 0.0584 e. The first kappa shape index (κ1) is 14.8. The van der Waals surface area contributed by atoms with Crippen LogP contribution in [0.5, 0.6) is 0 Å². The molecule has 1 aliphatic rings. The number of aliphatic hydroxyl groups is 1. The first-order valence-electron chi connectivity index (χ1n) is 7.22. The van der Waals surface area contributed by atoms with Gasteiger partial charge in [-0.2, -0.15) is 0 Å². The highest BCUT2D eigenvalue weighted by molar-refractivity contribution is 6.30. The van der Waals surface area contributed by atoms with Gasteiger partial charge < -0.3 is 10.4 Å². The third-order valence-electron chi connectivity index (χ3n) is 3.71. The quantitative estimate of drug-likeness (QED) is 0.797. The third-order valence-corrected chi connectivity index (χ3v) is 3.97. The SMILES string of the molecule is CC(C)CC(CO)NC(c1ccc(Cl)cc1)C1CC1. The molecule has 0 bridgehead atoms. The maximum atomic E-state index is 9.53. The van der Waals surface area contributed by atoms with Crippen molar-refractivity contribution in [2.45, 2.75) is 45.2 Å². The molecule has 0 aromatic heterocycles. The lowest BCUT2D eigenvalue weighted by Gasteiger charge is -2.26. The minimum absolute atomic E-state index is 0.182. The van der Waals surface area contributed by atoms with Gasteiger partial charge in [0.1, 0.15) is 0 Å². The van der Waals surface area contributed by atoms with Gasteiger partial charge in [-0.25, -0.2) is 0 Å². The summed E-state index contributed by atoms with van der Waals surface area (Å²) < 4.78 is 0. The van der Waals surface area contributed by atoms with Crippen molar-refractivity contribution in [2.24, 2.45) is 11.8 Å². The minimum atomic E-state index is 0.182. The highest BCUT2D eigenvalue weighted by Crippen LogP contribution is 2.41. The molecule has 1 aromatic carbocycles. The Kier molecular flexibility index (Phi) is 5.26. The van der Waals surface area contributed by atoms with Crippen molar-refractivity contribution in [1.82, 2.24) is 5.32 Å². The molecule has 1 aromatic rings. The van der Waals surface area contributed by atoms with E-state index in [1.807, 2.05) is 12.1 Å². The second kappa shape index (κ2) is 6.74. The highest BCUT2D eigenvalue weighted by Gasteiger charge is 2.33. The van der Waals surface area contributed by atoms with E-state index in [9.17, 15) is 5.11 Å². The molecule has 3 heteroatoms. The lowest BCUT2D eigenvalue weighted by molar-refractivity contribution is 0.208. The van der Waals surface area contributed by atoms with Crippen molar-refractivity contribution >= 4 is 11.6 Å². The number of halogens is 1. The number of hydrogen-bond donors (Lipinski definition) is 2. The zero-order valence-electron chi connectivity index (χ0n) is 11.8. The Hall–Kier alpha value is -0.570. The van der Waals surface area contributed by atoms with E-state index in [1.54, 1.807) is 0 Å². The molecule has 0 spiro atoms. The molecule has 2 nitrogen and oxygen atoms in total. The molecule has 2 rings (SSSR count). The first-order valence-corrected chi connectivity index (χ1v) is 7.60. The number of rotatable bonds is 7. The summed E-state index contributed by atoms with van der Waals surface area (Å²) in [7, 11) is 0. The molecule has 2 atom stereocenters.